The van der Waals surface area contributed by atoms with Crippen LogP contribution >= 0.6 is 11.6 Å². The molecule has 0 fully saturated rings. The topological polar surface area (TPSA) is 55.1 Å². The molecule has 1 aromatic carbocycles. The second kappa shape index (κ2) is 4.42. The zero-order valence-electron chi connectivity index (χ0n) is 9.74. The molecule has 6 heteroatoms. The summed E-state index contributed by atoms with van der Waals surface area (Å²) in [4.78, 5) is 11.2. The molecule has 2 rings (SSSR count). The maximum atomic E-state index is 13.3. The Labute approximate surface area is 108 Å². The third-order valence-electron chi connectivity index (χ3n) is 2.62. The van der Waals surface area contributed by atoms with Gasteiger partial charge in [0.1, 0.15) is 11.4 Å². The minimum Gasteiger partial charge on any atom is -0.478 e. The highest BCUT2D eigenvalue weighted by Crippen LogP contribution is 2.32. The van der Waals surface area contributed by atoms with Crippen molar-refractivity contribution in [3.05, 3.63) is 40.3 Å². The van der Waals surface area contributed by atoms with Gasteiger partial charge in [-0.15, -0.1) is 0 Å². The van der Waals surface area contributed by atoms with Crippen LogP contribution in [0.5, 0.6) is 0 Å². The van der Waals surface area contributed by atoms with Gasteiger partial charge < -0.3 is 5.11 Å². The van der Waals surface area contributed by atoms with Crippen LogP contribution in [-0.2, 0) is 7.05 Å². The van der Waals surface area contributed by atoms with E-state index in [4.69, 9.17) is 11.6 Å². The summed E-state index contributed by atoms with van der Waals surface area (Å²) < 4.78 is 14.7. The van der Waals surface area contributed by atoms with Gasteiger partial charge in [-0.05, 0) is 25.1 Å². The Bertz CT molecular complexity index is 637. The average molecular weight is 269 g/mol. The SMILES string of the molecule is Cc1nn(C)c(-c2cc(F)ccc2Cl)c1C(=O)O. The van der Waals surface area contributed by atoms with E-state index in [0.29, 0.717) is 17.0 Å². The van der Waals surface area contributed by atoms with Gasteiger partial charge in [-0.2, -0.15) is 5.10 Å². The van der Waals surface area contributed by atoms with E-state index in [1.165, 1.54) is 22.9 Å². The lowest BCUT2D eigenvalue weighted by Crippen LogP contribution is -2.02. The van der Waals surface area contributed by atoms with Crippen molar-refractivity contribution in [2.75, 3.05) is 0 Å². The second-order valence-corrected chi connectivity index (χ2v) is 4.27. The van der Waals surface area contributed by atoms with Crippen LogP contribution in [0.1, 0.15) is 16.1 Å². The molecule has 0 aliphatic heterocycles. The molecule has 1 heterocycles. The number of carbonyl (C=O) groups is 1. The summed E-state index contributed by atoms with van der Waals surface area (Å²) in [5, 5.41) is 13.5. The Morgan fingerprint density at radius 1 is 1.50 bits per heavy atom. The number of nitrogens with zero attached hydrogens (tertiary/aromatic N) is 2. The van der Waals surface area contributed by atoms with Crippen molar-refractivity contribution in [2.45, 2.75) is 6.92 Å². The summed E-state index contributed by atoms with van der Waals surface area (Å²) in [6.07, 6.45) is 0. The van der Waals surface area contributed by atoms with E-state index in [1.807, 2.05) is 0 Å². The molecule has 0 unspecified atom stereocenters. The number of aryl methyl sites for hydroxylation is 2. The molecular formula is C12H10ClFN2O2. The van der Waals surface area contributed by atoms with Gasteiger partial charge in [0.2, 0.25) is 0 Å². The first-order chi connectivity index (χ1) is 8.41. The molecule has 0 aliphatic carbocycles. The van der Waals surface area contributed by atoms with Gasteiger partial charge in [-0.25, -0.2) is 9.18 Å². The van der Waals surface area contributed by atoms with Gasteiger partial charge in [0.15, 0.2) is 0 Å². The molecule has 0 spiro atoms. The van der Waals surface area contributed by atoms with Crippen molar-refractivity contribution < 1.29 is 14.3 Å². The summed E-state index contributed by atoms with van der Waals surface area (Å²) in [5.41, 5.74) is 1.01. The predicted molar refractivity (Wildman–Crippen MR) is 65.3 cm³/mol. The van der Waals surface area contributed by atoms with E-state index >= 15 is 0 Å². The van der Waals surface area contributed by atoms with E-state index in [2.05, 4.69) is 5.10 Å². The number of benzene rings is 1. The van der Waals surface area contributed by atoms with Crippen molar-refractivity contribution in [2.24, 2.45) is 7.05 Å². The Kier molecular flexibility index (Phi) is 3.09. The highest BCUT2D eigenvalue weighted by Gasteiger charge is 2.22. The first kappa shape index (κ1) is 12.6. The largest absolute Gasteiger partial charge is 0.478 e. The first-order valence-corrected chi connectivity index (χ1v) is 5.52. The number of halogens is 2. The predicted octanol–water partition coefficient (Wildman–Crippen LogP) is 2.89. The van der Waals surface area contributed by atoms with Crippen molar-refractivity contribution in [3.8, 4) is 11.3 Å². The quantitative estimate of drug-likeness (QED) is 0.911. The molecule has 4 nitrogen and oxygen atoms in total. The Morgan fingerprint density at radius 3 is 2.78 bits per heavy atom. The lowest BCUT2D eigenvalue weighted by atomic mass is 10.1. The number of carboxylic acid groups (broad SMARTS) is 1. The first-order valence-electron chi connectivity index (χ1n) is 5.14. The zero-order valence-corrected chi connectivity index (χ0v) is 10.5. The van der Waals surface area contributed by atoms with Crippen molar-refractivity contribution in [3.63, 3.8) is 0 Å². The Hall–Kier alpha value is -1.88. The normalized spacial score (nSPS) is 10.7. The molecule has 1 aromatic heterocycles. The van der Waals surface area contributed by atoms with Crippen molar-refractivity contribution >= 4 is 17.6 Å². The van der Waals surface area contributed by atoms with E-state index in [-0.39, 0.29) is 10.6 Å². The number of hydrogen-bond donors (Lipinski definition) is 1. The van der Waals surface area contributed by atoms with Crippen LogP contribution in [0.4, 0.5) is 4.39 Å². The van der Waals surface area contributed by atoms with Crippen LogP contribution in [-0.4, -0.2) is 20.9 Å². The molecule has 0 amide bonds. The van der Waals surface area contributed by atoms with E-state index in [1.54, 1.807) is 14.0 Å². The highest BCUT2D eigenvalue weighted by molar-refractivity contribution is 6.33. The van der Waals surface area contributed by atoms with Gasteiger partial charge in [0, 0.05) is 12.6 Å². The van der Waals surface area contributed by atoms with Crippen LogP contribution < -0.4 is 0 Å². The number of rotatable bonds is 2. The molecule has 18 heavy (non-hydrogen) atoms. The summed E-state index contributed by atoms with van der Waals surface area (Å²) >= 11 is 5.99. The molecule has 0 saturated heterocycles. The van der Waals surface area contributed by atoms with Crippen LogP contribution in [0.25, 0.3) is 11.3 Å². The summed E-state index contributed by atoms with van der Waals surface area (Å²) in [5.74, 6) is -1.60. The Morgan fingerprint density at radius 2 is 2.17 bits per heavy atom. The minimum atomic E-state index is -1.11. The van der Waals surface area contributed by atoms with Gasteiger partial charge in [-0.1, -0.05) is 11.6 Å². The van der Waals surface area contributed by atoms with Gasteiger partial charge in [0.25, 0.3) is 0 Å². The van der Waals surface area contributed by atoms with E-state index in [0.717, 1.165) is 0 Å². The summed E-state index contributed by atoms with van der Waals surface area (Å²) in [6, 6.07) is 3.81. The maximum Gasteiger partial charge on any atom is 0.339 e. The summed E-state index contributed by atoms with van der Waals surface area (Å²) in [7, 11) is 1.59. The fourth-order valence-electron chi connectivity index (χ4n) is 1.90. The monoisotopic (exact) mass is 268 g/mol. The molecule has 0 atom stereocenters. The lowest BCUT2D eigenvalue weighted by Gasteiger charge is -2.06. The molecule has 2 aromatic rings. The molecule has 0 radical (unpaired) electrons. The third-order valence-corrected chi connectivity index (χ3v) is 2.95. The average Bonchev–Trinajstić information content (AvgIpc) is 2.57. The fraction of sp³-hybridized carbons (Fsp3) is 0.167. The molecule has 94 valence electrons. The third kappa shape index (κ3) is 1.97. The molecule has 0 bridgehead atoms. The lowest BCUT2D eigenvalue weighted by molar-refractivity contribution is 0.0697. The van der Waals surface area contributed by atoms with Crippen molar-refractivity contribution in [1.29, 1.82) is 0 Å². The fourth-order valence-corrected chi connectivity index (χ4v) is 2.11. The maximum absolute atomic E-state index is 13.3. The zero-order chi connectivity index (χ0) is 13.4. The molecule has 1 N–H and O–H groups in total. The summed E-state index contributed by atoms with van der Waals surface area (Å²) in [6.45, 7) is 1.58. The highest BCUT2D eigenvalue weighted by atomic mass is 35.5. The Balaban J connectivity index is 2.78. The number of hydrogen-bond acceptors (Lipinski definition) is 2. The van der Waals surface area contributed by atoms with E-state index < -0.39 is 11.8 Å². The molecular weight excluding hydrogens is 259 g/mol. The van der Waals surface area contributed by atoms with Crippen LogP contribution in [0.15, 0.2) is 18.2 Å². The number of aromatic carboxylic acids is 1. The van der Waals surface area contributed by atoms with Crippen molar-refractivity contribution in [1.82, 2.24) is 9.78 Å². The minimum absolute atomic E-state index is 0.0324. The number of aromatic nitrogens is 2. The molecule has 0 saturated carbocycles. The molecule has 0 aliphatic rings. The smallest absolute Gasteiger partial charge is 0.339 e. The standard InChI is InChI=1S/C12H10ClFN2O2/c1-6-10(12(17)18)11(16(2)15-6)8-5-7(14)3-4-9(8)13/h3-5H,1-2H3,(H,17,18). The van der Waals surface area contributed by atoms with Crippen LogP contribution in [0.3, 0.4) is 0 Å². The number of carboxylic acids is 1. The second-order valence-electron chi connectivity index (χ2n) is 3.86. The van der Waals surface area contributed by atoms with Gasteiger partial charge >= 0.3 is 5.97 Å². The van der Waals surface area contributed by atoms with Crippen LogP contribution in [0.2, 0.25) is 5.02 Å². The van der Waals surface area contributed by atoms with Gasteiger partial charge in [0.05, 0.1) is 16.4 Å². The van der Waals surface area contributed by atoms with Crippen LogP contribution in [0, 0.1) is 12.7 Å². The van der Waals surface area contributed by atoms with Gasteiger partial charge in [-0.3, -0.25) is 4.68 Å². The van der Waals surface area contributed by atoms with E-state index in [9.17, 15) is 14.3 Å².